The third-order valence-electron chi connectivity index (χ3n) is 5.79. The fourth-order valence-corrected chi connectivity index (χ4v) is 4.10. The molecular formula is C26H25NO7. The van der Waals surface area contributed by atoms with Gasteiger partial charge in [-0.3, -0.25) is 9.59 Å². The summed E-state index contributed by atoms with van der Waals surface area (Å²) in [5.41, 5.74) is 1.51. The third kappa shape index (κ3) is 4.22. The first-order chi connectivity index (χ1) is 16.5. The van der Waals surface area contributed by atoms with Gasteiger partial charge in [0.05, 0.1) is 39.2 Å². The van der Waals surface area contributed by atoms with E-state index >= 15 is 0 Å². The Morgan fingerprint density at radius 1 is 1.00 bits per heavy atom. The Labute approximate surface area is 197 Å². The second kappa shape index (κ2) is 9.74. The van der Waals surface area contributed by atoms with Gasteiger partial charge in [-0.2, -0.15) is 0 Å². The number of aliphatic hydroxyl groups is 1. The number of hydrogen-bond acceptors (Lipinski definition) is 7. The van der Waals surface area contributed by atoms with Crippen molar-refractivity contribution in [1.29, 1.82) is 0 Å². The molecule has 1 aliphatic heterocycles. The minimum Gasteiger partial charge on any atom is -0.503 e. The van der Waals surface area contributed by atoms with Gasteiger partial charge in [0.2, 0.25) is 5.78 Å². The first-order valence-electron chi connectivity index (χ1n) is 10.7. The Balaban J connectivity index is 1.69. The van der Waals surface area contributed by atoms with Gasteiger partial charge in [-0.25, -0.2) is 0 Å². The largest absolute Gasteiger partial charge is 0.503 e. The summed E-state index contributed by atoms with van der Waals surface area (Å²) in [7, 11) is 4.65. The minimum atomic E-state index is -0.805. The average Bonchev–Trinajstić information content (AvgIpc) is 3.49. The number of carbonyl (C=O) groups is 2. The summed E-state index contributed by atoms with van der Waals surface area (Å²) >= 11 is 0. The molecule has 1 aromatic heterocycles. The van der Waals surface area contributed by atoms with Crippen LogP contribution < -0.4 is 14.2 Å². The van der Waals surface area contributed by atoms with Crippen LogP contribution in [0.3, 0.4) is 0 Å². The molecule has 0 radical (unpaired) electrons. The van der Waals surface area contributed by atoms with Crippen molar-refractivity contribution in [3.05, 3.63) is 89.1 Å². The van der Waals surface area contributed by atoms with E-state index in [4.69, 9.17) is 18.6 Å². The van der Waals surface area contributed by atoms with Crippen molar-refractivity contribution < 1.29 is 33.3 Å². The number of rotatable bonds is 9. The maximum atomic E-state index is 13.2. The monoisotopic (exact) mass is 463 g/mol. The molecule has 1 atom stereocenters. The second-order valence-corrected chi connectivity index (χ2v) is 7.69. The second-order valence-electron chi connectivity index (χ2n) is 7.69. The van der Waals surface area contributed by atoms with Gasteiger partial charge in [0.15, 0.2) is 23.0 Å². The molecule has 34 heavy (non-hydrogen) atoms. The van der Waals surface area contributed by atoms with E-state index in [-0.39, 0.29) is 17.9 Å². The molecule has 176 valence electrons. The highest BCUT2D eigenvalue weighted by Crippen LogP contribution is 2.40. The first-order valence-corrected chi connectivity index (χ1v) is 10.7. The van der Waals surface area contributed by atoms with E-state index in [1.165, 1.54) is 24.3 Å². The smallest absolute Gasteiger partial charge is 0.290 e. The van der Waals surface area contributed by atoms with Crippen LogP contribution in [0.4, 0.5) is 0 Å². The summed E-state index contributed by atoms with van der Waals surface area (Å²) in [5, 5.41) is 10.8. The van der Waals surface area contributed by atoms with Gasteiger partial charge in [-0.1, -0.05) is 18.2 Å². The lowest BCUT2D eigenvalue weighted by atomic mass is 9.94. The first kappa shape index (κ1) is 23.0. The minimum absolute atomic E-state index is 0.0273. The maximum Gasteiger partial charge on any atom is 0.290 e. The van der Waals surface area contributed by atoms with Crippen LogP contribution in [0.1, 0.15) is 27.7 Å². The normalized spacial score (nSPS) is 15.6. The molecule has 0 unspecified atom stereocenters. The predicted molar refractivity (Wildman–Crippen MR) is 123 cm³/mol. The van der Waals surface area contributed by atoms with Crippen LogP contribution in [0, 0.1) is 0 Å². The number of Topliss-reactive ketones (excluding diaryl/α,β-unsaturated/α-hetero) is 1. The number of hydrogen-bond donors (Lipinski definition) is 1. The molecular weight excluding hydrogens is 438 g/mol. The highest BCUT2D eigenvalue weighted by atomic mass is 16.5. The van der Waals surface area contributed by atoms with Crippen molar-refractivity contribution in [2.45, 2.75) is 12.5 Å². The number of nitrogens with zero attached hydrogens (tertiary/aromatic N) is 1. The molecule has 8 heteroatoms. The van der Waals surface area contributed by atoms with Crippen LogP contribution in [0.5, 0.6) is 17.2 Å². The Kier molecular flexibility index (Phi) is 6.58. The number of amides is 1. The van der Waals surface area contributed by atoms with Crippen LogP contribution in [-0.2, 0) is 11.2 Å². The van der Waals surface area contributed by atoms with Crippen LogP contribution in [0.2, 0.25) is 0 Å². The van der Waals surface area contributed by atoms with E-state index in [1.807, 2.05) is 12.1 Å². The van der Waals surface area contributed by atoms with Crippen LogP contribution in [-0.4, -0.2) is 49.6 Å². The molecule has 0 aliphatic carbocycles. The number of carbonyl (C=O) groups excluding carboxylic acids is 2. The number of furan rings is 1. The zero-order valence-corrected chi connectivity index (χ0v) is 19.1. The molecule has 2 heterocycles. The van der Waals surface area contributed by atoms with Gasteiger partial charge in [0, 0.05) is 6.54 Å². The predicted octanol–water partition coefficient (Wildman–Crippen LogP) is 4.13. The molecule has 1 aliphatic rings. The fourth-order valence-electron chi connectivity index (χ4n) is 4.10. The number of ketones is 1. The highest BCUT2D eigenvalue weighted by Gasteiger charge is 2.44. The zero-order valence-electron chi connectivity index (χ0n) is 19.1. The summed E-state index contributed by atoms with van der Waals surface area (Å²) in [6, 6.07) is 14.9. The average molecular weight is 463 g/mol. The third-order valence-corrected chi connectivity index (χ3v) is 5.79. The van der Waals surface area contributed by atoms with Crippen molar-refractivity contribution >= 4 is 11.7 Å². The number of methoxy groups -OCH3 is 3. The summed E-state index contributed by atoms with van der Waals surface area (Å²) < 4.78 is 21.2. The molecule has 2 aromatic carbocycles. The van der Waals surface area contributed by atoms with Crippen LogP contribution in [0.25, 0.3) is 0 Å². The van der Waals surface area contributed by atoms with Gasteiger partial charge in [0.25, 0.3) is 5.91 Å². The van der Waals surface area contributed by atoms with Crippen LogP contribution >= 0.6 is 0 Å². The fraction of sp³-hybridized carbons (Fsp3) is 0.231. The van der Waals surface area contributed by atoms with E-state index in [9.17, 15) is 14.7 Å². The van der Waals surface area contributed by atoms with E-state index in [2.05, 4.69) is 0 Å². The summed E-state index contributed by atoms with van der Waals surface area (Å²) in [5.74, 6) is 0.0436. The molecule has 0 fully saturated rings. The summed E-state index contributed by atoms with van der Waals surface area (Å²) in [4.78, 5) is 27.8. The lowest BCUT2D eigenvalue weighted by Crippen LogP contribution is -2.33. The maximum absolute atomic E-state index is 13.2. The van der Waals surface area contributed by atoms with Crippen molar-refractivity contribution in [2.24, 2.45) is 0 Å². The summed E-state index contributed by atoms with van der Waals surface area (Å²) in [6.07, 6.45) is 1.83. The molecule has 8 nitrogen and oxygen atoms in total. The SMILES string of the molecule is COc1cccc([C@@H]2C(C(=O)c3ccco3)=C(O)C(=O)N2CCc2ccc(OC)c(OC)c2)c1. The molecule has 0 saturated carbocycles. The van der Waals surface area contributed by atoms with Crippen molar-refractivity contribution in [3.63, 3.8) is 0 Å². The van der Waals surface area contributed by atoms with E-state index in [1.54, 1.807) is 50.6 Å². The molecule has 3 aromatic rings. The number of ether oxygens (including phenoxy) is 3. The topological polar surface area (TPSA) is 98.4 Å². The molecule has 0 spiro atoms. The standard InChI is InChI=1S/C26H25NO7/c1-31-18-7-4-6-17(15-18)23-22(24(28)20-8-5-13-34-20)25(29)26(30)27(23)12-11-16-9-10-19(32-2)21(14-16)33-3/h4-10,13-15,23,29H,11-12H2,1-3H3/t23-/m1/s1. The van der Waals surface area contributed by atoms with Crippen molar-refractivity contribution in [3.8, 4) is 17.2 Å². The van der Waals surface area contributed by atoms with Gasteiger partial charge >= 0.3 is 0 Å². The number of benzene rings is 2. The van der Waals surface area contributed by atoms with Crippen molar-refractivity contribution in [2.75, 3.05) is 27.9 Å². The quantitative estimate of drug-likeness (QED) is 0.477. The molecule has 4 rings (SSSR count). The lowest BCUT2D eigenvalue weighted by molar-refractivity contribution is -0.129. The zero-order chi connectivity index (χ0) is 24.2. The Bertz CT molecular complexity index is 1230. The van der Waals surface area contributed by atoms with E-state index in [0.717, 1.165) is 5.56 Å². The van der Waals surface area contributed by atoms with Crippen molar-refractivity contribution in [1.82, 2.24) is 4.90 Å². The highest BCUT2D eigenvalue weighted by molar-refractivity contribution is 6.15. The molecule has 1 N–H and O–H groups in total. The Hall–Kier alpha value is -4.20. The van der Waals surface area contributed by atoms with Gasteiger partial charge < -0.3 is 28.6 Å². The van der Waals surface area contributed by atoms with E-state index in [0.29, 0.717) is 29.2 Å². The van der Waals surface area contributed by atoms with E-state index < -0.39 is 23.5 Å². The van der Waals surface area contributed by atoms with Gasteiger partial charge in [-0.05, 0) is 53.9 Å². The van der Waals surface area contributed by atoms with Gasteiger partial charge in [-0.15, -0.1) is 0 Å². The Morgan fingerprint density at radius 3 is 2.47 bits per heavy atom. The molecule has 0 saturated heterocycles. The molecule has 0 bridgehead atoms. The Morgan fingerprint density at radius 2 is 1.79 bits per heavy atom. The lowest BCUT2D eigenvalue weighted by Gasteiger charge is -2.27. The van der Waals surface area contributed by atoms with Crippen LogP contribution in [0.15, 0.2) is 76.6 Å². The molecule has 1 amide bonds. The van der Waals surface area contributed by atoms with Gasteiger partial charge in [0.1, 0.15) is 5.75 Å². The summed E-state index contributed by atoms with van der Waals surface area (Å²) in [6.45, 7) is 0.245. The number of aliphatic hydroxyl groups excluding tert-OH is 1.